The number of rotatable bonds is 10. The standard InChI is InChI=1S/C21H40O8/c1-7-13(23)10-14-11-17(21(2,3)16(28-14)8-9-22)29-20-19(26-6)18(25-5)15(24-4)12-27-20/h13-20,22-23H,7-12H2,1-6H3/t13-,14-,15-,16+,17+,18+,19-,20+/m1/s1. The molecule has 2 fully saturated rings. The molecule has 0 radical (unpaired) electrons. The number of hydrogen-bond donors (Lipinski definition) is 2. The lowest BCUT2D eigenvalue weighted by atomic mass is 9.74. The summed E-state index contributed by atoms with van der Waals surface area (Å²) >= 11 is 0. The monoisotopic (exact) mass is 420 g/mol. The first-order valence-corrected chi connectivity index (χ1v) is 10.6. The van der Waals surface area contributed by atoms with Crippen LogP contribution in [0.25, 0.3) is 0 Å². The molecule has 2 rings (SSSR count). The second kappa shape index (κ2) is 11.3. The van der Waals surface area contributed by atoms with E-state index >= 15 is 0 Å². The van der Waals surface area contributed by atoms with Gasteiger partial charge in [0.1, 0.15) is 18.3 Å². The Balaban J connectivity index is 2.17. The van der Waals surface area contributed by atoms with Gasteiger partial charge in [-0.1, -0.05) is 20.8 Å². The minimum Gasteiger partial charge on any atom is -0.396 e. The maximum atomic E-state index is 10.1. The Morgan fingerprint density at radius 3 is 2.34 bits per heavy atom. The lowest BCUT2D eigenvalue weighted by molar-refractivity contribution is -0.318. The van der Waals surface area contributed by atoms with E-state index in [4.69, 9.17) is 28.4 Å². The molecule has 8 nitrogen and oxygen atoms in total. The van der Waals surface area contributed by atoms with Gasteiger partial charge in [0.05, 0.1) is 31.0 Å². The lowest BCUT2D eigenvalue weighted by Crippen LogP contribution is -2.59. The van der Waals surface area contributed by atoms with E-state index in [1.54, 1.807) is 21.3 Å². The number of hydrogen-bond acceptors (Lipinski definition) is 8. The van der Waals surface area contributed by atoms with Crippen LogP contribution in [0.1, 0.15) is 46.5 Å². The van der Waals surface area contributed by atoms with E-state index in [2.05, 4.69) is 13.8 Å². The van der Waals surface area contributed by atoms with Gasteiger partial charge in [0.25, 0.3) is 0 Å². The highest BCUT2D eigenvalue weighted by Gasteiger charge is 2.49. The molecule has 2 saturated heterocycles. The highest BCUT2D eigenvalue weighted by molar-refractivity contribution is 4.95. The average Bonchev–Trinajstić information content (AvgIpc) is 2.70. The first kappa shape index (κ1) is 24.9. The van der Waals surface area contributed by atoms with Crippen molar-refractivity contribution in [2.75, 3.05) is 34.5 Å². The molecule has 8 atom stereocenters. The molecule has 0 spiro atoms. The summed E-state index contributed by atoms with van der Waals surface area (Å²) in [7, 11) is 4.86. The zero-order valence-corrected chi connectivity index (χ0v) is 18.7. The third-order valence-corrected chi connectivity index (χ3v) is 6.42. The molecule has 0 unspecified atom stereocenters. The number of aliphatic hydroxyl groups is 2. The van der Waals surface area contributed by atoms with E-state index in [0.717, 1.165) is 0 Å². The quantitative estimate of drug-likeness (QED) is 0.549. The summed E-state index contributed by atoms with van der Waals surface area (Å²) in [5.74, 6) is 0. The molecule has 0 saturated carbocycles. The maximum absolute atomic E-state index is 10.1. The van der Waals surface area contributed by atoms with Gasteiger partial charge in [-0.05, 0) is 19.3 Å². The molecule has 0 aromatic heterocycles. The summed E-state index contributed by atoms with van der Waals surface area (Å²) in [6.07, 6.45) is -0.173. The summed E-state index contributed by atoms with van der Waals surface area (Å²) in [6.45, 7) is 6.50. The van der Waals surface area contributed by atoms with Crippen LogP contribution in [0.4, 0.5) is 0 Å². The molecule has 2 aliphatic rings. The second-order valence-corrected chi connectivity index (χ2v) is 8.62. The number of methoxy groups -OCH3 is 3. The van der Waals surface area contributed by atoms with Crippen molar-refractivity contribution in [2.45, 2.75) is 95.5 Å². The van der Waals surface area contributed by atoms with Crippen molar-refractivity contribution in [3.8, 4) is 0 Å². The van der Waals surface area contributed by atoms with Crippen LogP contribution in [0.15, 0.2) is 0 Å². The smallest absolute Gasteiger partial charge is 0.186 e. The topological polar surface area (TPSA) is 95.8 Å². The van der Waals surface area contributed by atoms with Crippen molar-refractivity contribution in [1.82, 2.24) is 0 Å². The van der Waals surface area contributed by atoms with E-state index < -0.39 is 18.5 Å². The second-order valence-electron chi connectivity index (χ2n) is 8.62. The van der Waals surface area contributed by atoms with Crippen molar-refractivity contribution in [3.63, 3.8) is 0 Å². The molecule has 2 N–H and O–H groups in total. The van der Waals surface area contributed by atoms with Crippen LogP contribution in [0, 0.1) is 5.41 Å². The van der Waals surface area contributed by atoms with Crippen molar-refractivity contribution < 1.29 is 38.6 Å². The molecule has 29 heavy (non-hydrogen) atoms. The highest BCUT2D eigenvalue weighted by atomic mass is 16.7. The molecule has 0 amide bonds. The van der Waals surface area contributed by atoms with Gasteiger partial charge in [0.15, 0.2) is 6.29 Å². The molecule has 2 aliphatic heterocycles. The Labute approximate surface area is 174 Å². The van der Waals surface area contributed by atoms with Crippen LogP contribution in [-0.2, 0) is 28.4 Å². The minimum atomic E-state index is -0.606. The minimum absolute atomic E-state index is 0.0335. The van der Waals surface area contributed by atoms with Gasteiger partial charge in [-0.2, -0.15) is 0 Å². The van der Waals surface area contributed by atoms with Crippen molar-refractivity contribution >= 4 is 0 Å². The van der Waals surface area contributed by atoms with Gasteiger partial charge in [0.2, 0.25) is 0 Å². The van der Waals surface area contributed by atoms with Gasteiger partial charge >= 0.3 is 0 Å². The van der Waals surface area contributed by atoms with Crippen molar-refractivity contribution in [1.29, 1.82) is 0 Å². The Hall–Kier alpha value is -0.320. The van der Waals surface area contributed by atoms with Gasteiger partial charge in [-0.25, -0.2) is 0 Å². The Bertz CT molecular complexity index is 474. The molecule has 2 heterocycles. The summed E-state index contributed by atoms with van der Waals surface area (Å²) in [6, 6.07) is 0. The zero-order chi connectivity index (χ0) is 21.6. The Morgan fingerprint density at radius 1 is 1.10 bits per heavy atom. The first-order valence-electron chi connectivity index (χ1n) is 10.6. The van der Waals surface area contributed by atoms with Crippen LogP contribution < -0.4 is 0 Å². The fourth-order valence-electron chi connectivity index (χ4n) is 4.38. The maximum Gasteiger partial charge on any atom is 0.186 e. The summed E-state index contributed by atoms with van der Waals surface area (Å²) in [5, 5.41) is 19.7. The van der Waals surface area contributed by atoms with Crippen LogP contribution in [0.3, 0.4) is 0 Å². The van der Waals surface area contributed by atoms with Gasteiger partial charge in [0, 0.05) is 39.8 Å². The normalized spacial score (nSPS) is 38.7. The molecular weight excluding hydrogens is 380 g/mol. The molecule has 0 aromatic rings. The van der Waals surface area contributed by atoms with Gasteiger partial charge in [-0.3, -0.25) is 0 Å². The van der Waals surface area contributed by atoms with Crippen LogP contribution in [-0.4, -0.2) is 93.8 Å². The molecular formula is C21H40O8. The Morgan fingerprint density at radius 2 is 1.79 bits per heavy atom. The van der Waals surface area contributed by atoms with E-state index in [1.807, 2.05) is 6.92 Å². The third-order valence-electron chi connectivity index (χ3n) is 6.42. The van der Waals surface area contributed by atoms with Crippen molar-refractivity contribution in [2.24, 2.45) is 5.41 Å². The Kier molecular flexibility index (Phi) is 9.76. The summed E-state index contributed by atoms with van der Waals surface area (Å²) < 4.78 is 35.4. The average molecular weight is 421 g/mol. The SMILES string of the molecule is CC[C@@H](O)C[C@@H]1C[C@H](O[C@@H]2OC[C@@H](OC)[C@H](OC)[C@H]2OC)C(C)(C)[C@H](CCO)O1. The van der Waals surface area contributed by atoms with E-state index in [0.29, 0.717) is 32.3 Å². The van der Waals surface area contributed by atoms with E-state index in [-0.39, 0.29) is 42.5 Å². The molecule has 0 bridgehead atoms. The van der Waals surface area contributed by atoms with E-state index in [1.165, 1.54) is 0 Å². The molecule has 172 valence electrons. The predicted octanol–water partition coefficient (Wildman–Crippen LogP) is 1.50. The van der Waals surface area contributed by atoms with Crippen LogP contribution in [0.2, 0.25) is 0 Å². The fourth-order valence-corrected chi connectivity index (χ4v) is 4.38. The summed E-state index contributed by atoms with van der Waals surface area (Å²) in [5.41, 5.74) is -0.348. The van der Waals surface area contributed by atoms with Gasteiger partial charge in [-0.15, -0.1) is 0 Å². The van der Waals surface area contributed by atoms with Crippen LogP contribution in [0.5, 0.6) is 0 Å². The predicted molar refractivity (Wildman–Crippen MR) is 107 cm³/mol. The van der Waals surface area contributed by atoms with Crippen molar-refractivity contribution in [3.05, 3.63) is 0 Å². The van der Waals surface area contributed by atoms with Gasteiger partial charge < -0.3 is 38.6 Å². The number of ether oxygens (including phenoxy) is 6. The largest absolute Gasteiger partial charge is 0.396 e. The third kappa shape index (κ3) is 5.89. The first-order chi connectivity index (χ1) is 13.8. The number of aliphatic hydroxyl groups excluding tert-OH is 2. The molecule has 8 heteroatoms. The highest BCUT2D eigenvalue weighted by Crippen LogP contribution is 2.42. The van der Waals surface area contributed by atoms with Crippen LogP contribution >= 0.6 is 0 Å². The van der Waals surface area contributed by atoms with E-state index in [9.17, 15) is 10.2 Å². The fraction of sp³-hybridized carbons (Fsp3) is 1.00. The molecule has 0 aliphatic carbocycles. The summed E-state index contributed by atoms with van der Waals surface area (Å²) in [4.78, 5) is 0. The zero-order valence-electron chi connectivity index (χ0n) is 18.7. The molecule has 0 aromatic carbocycles. The lowest BCUT2D eigenvalue weighted by Gasteiger charge is -2.50.